The van der Waals surface area contributed by atoms with Crippen molar-refractivity contribution in [1.82, 2.24) is 4.98 Å². The van der Waals surface area contributed by atoms with Crippen LogP contribution in [0.25, 0.3) is 0 Å². The molecule has 0 radical (unpaired) electrons. The van der Waals surface area contributed by atoms with Gasteiger partial charge in [0.15, 0.2) is 0 Å². The van der Waals surface area contributed by atoms with E-state index in [4.69, 9.17) is 11.6 Å². The number of hydrogen-bond donors (Lipinski definition) is 1. The molecule has 1 N–H and O–H groups in total. The average molecular weight is 344 g/mol. The summed E-state index contributed by atoms with van der Waals surface area (Å²) < 4.78 is 13.3. The molecule has 0 aliphatic carbocycles. The van der Waals surface area contributed by atoms with Crippen molar-refractivity contribution in [2.45, 2.75) is 6.42 Å². The van der Waals surface area contributed by atoms with E-state index in [1.165, 1.54) is 6.07 Å². The summed E-state index contributed by atoms with van der Waals surface area (Å²) in [7, 11) is 0. The van der Waals surface area contributed by atoms with Gasteiger partial charge >= 0.3 is 0 Å². The van der Waals surface area contributed by atoms with E-state index in [9.17, 15) is 9.18 Å². The SMILES string of the molecule is O=C(Cc1ccc(Cl)cc1)Nc1ncc(F)cc1Br. The lowest BCUT2D eigenvalue weighted by molar-refractivity contribution is -0.115. The monoisotopic (exact) mass is 342 g/mol. The van der Waals surface area contributed by atoms with Crippen molar-refractivity contribution >= 4 is 39.3 Å². The molecule has 0 spiro atoms. The number of anilines is 1. The van der Waals surface area contributed by atoms with Gasteiger partial charge in [0.2, 0.25) is 5.91 Å². The maximum absolute atomic E-state index is 12.9. The van der Waals surface area contributed by atoms with E-state index in [-0.39, 0.29) is 12.3 Å². The summed E-state index contributed by atoms with van der Waals surface area (Å²) >= 11 is 8.90. The van der Waals surface area contributed by atoms with Gasteiger partial charge in [-0.2, -0.15) is 0 Å². The van der Waals surface area contributed by atoms with Crippen molar-refractivity contribution in [2.24, 2.45) is 0 Å². The Hall–Kier alpha value is -1.46. The predicted octanol–water partition coefficient (Wildman–Crippen LogP) is 3.82. The topological polar surface area (TPSA) is 42.0 Å². The fourth-order valence-corrected chi connectivity index (χ4v) is 2.02. The molecule has 2 aromatic rings. The molecular formula is C13H9BrClFN2O. The van der Waals surface area contributed by atoms with E-state index in [0.717, 1.165) is 11.8 Å². The largest absolute Gasteiger partial charge is 0.309 e. The Morgan fingerprint density at radius 1 is 1.37 bits per heavy atom. The van der Waals surface area contributed by atoms with Gasteiger partial charge in [-0.1, -0.05) is 23.7 Å². The van der Waals surface area contributed by atoms with E-state index in [1.807, 2.05) is 0 Å². The third kappa shape index (κ3) is 4.01. The fraction of sp³-hybridized carbons (Fsp3) is 0.0769. The van der Waals surface area contributed by atoms with Crippen molar-refractivity contribution in [2.75, 3.05) is 5.32 Å². The van der Waals surface area contributed by atoms with Crippen LogP contribution in [0.3, 0.4) is 0 Å². The van der Waals surface area contributed by atoms with Gasteiger partial charge in [0, 0.05) is 5.02 Å². The molecule has 1 amide bonds. The highest BCUT2D eigenvalue weighted by Gasteiger charge is 2.08. The second-order valence-corrected chi connectivity index (χ2v) is 5.13. The number of pyridine rings is 1. The highest BCUT2D eigenvalue weighted by Crippen LogP contribution is 2.20. The van der Waals surface area contributed by atoms with Gasteiger partial charge in [-0.15, -0.1) is 0 Å². The summed E-state index contributed by atoms with van der Waals surface area (Å²) in [4.78, 5) is 15.6. The van der Waals surface area contributed by atoms with Gasteiger partial charge in [0.1, 0.15) is 11.6 Å². The lowest BCUT2D eigenvalue weighted by Gasteiger charge is -2.06. The molecule has 0 bridgehead atoms. The van der Waals surface area contributed by atoms with Crippen molar-refractivity contribution in [3.63, 3.8) is 0 Å². The first kappa shape index (κ1) is 14.0. The quantitative estimate of drug-likeness (QED) is 0.920. The van der Waals surface area contributed by atoms with E-state index < -0.39 is 5.82 Å². The summed E-state index contributed by atoms with van der Waals surface area (Å²) in [6, 6.07) is 8.22. The summed E-state index contributed by atoms with van der Waals surface area (Å²) in [5.74, 6) is -0.412. The number of nitrogens with one attached hydrogen (secondary N) is 1. The molecule has 0 unspecified atom stereocenters. The van der Waals surface area contributed by atoms with Crippen LogP contribution in [0, 0.1) is 5.82 Å². The second kappa shape index (κ2) is 6.12. The number of carbonyl (C=O) groups is 1. The van der Waals surface area contributed by atoms with Crippen LogP contribution < -0.4 is 5.32 Å². The third-order valence-corrected chi connectivity index (χ3v) is 3.20. The number of rotatable bonds is 3. The Balaban J connectivity index is 2.03. The lowest BCUT2D eigenvalue weighted by atomic mass is 10.1. The number of benzene rings is 1. The molecule has 98 valence electrons. The van der Waals surface area contributed by atoms with E-state index in [1.54, 1.807) is 24.3 Å². The molecule has 1 heterocycles. The van der Waals surface area contributed by atoms with Gasteiger partial charge in [-0.25, -0.2) is 9.37 Å². The van der Waals surface area contributed by atoms with Gasteiger partial charge in [0.05, 0.1) is 17.1 Å². The molecule has 1 aromatic heterocycles. The first-order valence-corrected chi connectivity index (χ1v) is 6.57. The zero-order valence-electron chi connectivity index (χ0n) is 9.66. The van der Waals surface area contributed by atoms with Gasteiger partial charge in [-0.05, 0) is 39.7 Å². The smallest absolute Gasteiger partial charge is 0.229 e. The van der Waals surface area contributed by atoms with Crippen LogP contribution in [-0.2, 0) is 11.2 Å². The highest BCUT2D eigenvalue weighted by atomic mass is 79.9. The number of carbonyl (C=O) groups excluding carboxylic acids is 1. The van der Waals surface area contributed by atoms with Crippen LogP contribution in [0.5, 0.6) is 0 Å². The lowest BCUT2D eigenvalue weighted by Crippen LogP contribution is -2.15. The zero-order valence-corrected chi connectivity index (χ0v) is 12.0. The number of halogens is 3. The van der Waals surface area contributed by atoms with Crippen LogP contribution in [-0.4, -0.2) is 10.9 Å². The summed E-state index contributed by atoms with van der Waals surface area (Å²) in [5, 5.41) is 3.22. The minimum atomic E-state index is -0.470. The molecule has 0 aliphatic rings. The molecule has 0 saturated heterocycles. The first-order chi connectivity index (χ1) is 9.04. The molecule has 2 rings (SSSR count). The molecule has 0 fully saturated rings. The van der Waals surface area contributed by atoms with Crippen molar-refractivity contribution in [3.8, 4) is 0 Å². The number of aromatic nitrogens is 1. The molecule has 19 heavy (non-hydrogen) atoms. The van der Waals surface area contributed by atoms with E-state index in [2.05, 4.69) is 26.2 Å². The minimum absolute atomic E-state index is 0.197. The van der Waals surface area contributed by atoms with Gasteiger partial charge < -0.3 is 5.32 Å². The van der Waals surface area contributed by atoms with Crippen LogP contribution in [0.2, 0.25) is 5.02 Å². The third-order valence-electron chi connectivity index (χ3n) is 2.34. The van der Waals surface area contributed by atoms with E-state index in [0.29, 0.717) is 15.3 Å². The van der Waals surface area contributed by atoms with Gasteiger partial charge in [0.25, 0.3) is 0 Å². The zero-order chi connectivity index (χ0) is 13.8. The summed E-state index contributed by atoms with van der Waals surface area (Å²) in [5.41, 5.74) is 0.833. The molecule has 6 heteroatoms. The summed E-state index contributed by atoms with van der Waals surface area (Å²) in [6.45, 7) is 0. The average Bonchev–Trinajstić information content (AvgIpc) is 2.36. The molecular weight excluding hydrogens is 335 g/mol. The number of amides is 1. The van der Waals surface area contributed by atoms with Crippen LogP contribution in [0.15, 0.2) is 41.0 Å². The maximum atomic E-state index is 12.9. The predicted molar refractivity (Wildman–Crippen MR) is 75.7 cm³/mol. The van der Waals surface area contributed by atoms with Crippen LogP contribution in [0.1, 0.15) is 5.56 Å². The van der Waals surface area contributed by atoms with Crippen molar-refractivity contribution in [3.05, 3.63) is 57.4 Å². The second-order valence-electron chi connectivity index (χ2n) is 3.84. The maximum Gasteiger partial charge on any atom is 0.229 e. The Kier molecular flexibility index (Phi) is 4.50. The number of hydrogen-bond acceptors (Lipinski definition) is 2. The normalized spacial score (nSPS) is 10.3. The number of nitrogens with zero attached hydrogens (tertiary/aromatic N) is 1. The van der Waals surface area contributed by atoms with Crippen molar-refractivity contribution < 1.29 is 9.18 Å². The summed E-state index contributed by atoms with van der Waals surface area (Å²) in [6.07, 6.45) is 1.24. The van der Waals surface area contributed by atoms with Crippen molar-refractivity contribution in [1.29, 1.82) is 0 Å². The fourth-order valence-electron chi connectivity index (χ4n) is 1.47. The van der Waals surface area contributed by atoms with Crippen LogP contribution in [0.4, 0.5) is 10.2 Å². The molecule has 3 nitrogen and oxygen atoms in total. The van der Waals surface area contributed by atoms with E-state index >= 15 is 0 Å². The molecule has 1 aromatic carbocycles. The molecule has 0 aliphatic heterocycles. The first-order valence-electron chi connectivity index (χ1n) is 5.40. The Morgan fingerprint density at radius 3 is 2.68 bits per heavy atom. The minimum Gasteiger partial charge on any atom is -0.309 e. The standard InChI is InChI=1S/C13H9BrClFN2O/c14-11-6-10(16)7-17-13(11)18-12(19)5-8-1-3-9(15)4-2-8/h1-4,6-7H,5H2,(H,17,18,19). The van der Waals surface area contributed by atoms with Gasteiger partial charge in [-0.3, -0.25) is 4.79 Å². The Morgan fingerprint density at radius 2 is 2.05 bits per heavy atom. The Labute approximate surface area is 122 Å². The molecule has 0 atom stereocenters. The highest BCUT2D eigenvalue weighted by molar-refractivity contribution is 9.10. The Bertz CT molecular complexity index is 604. The molecule has 0 saturated carbocycles. The van der Waals surface area contributed by atoms with Crippen LogP contribution >= 0.6 is 27.5 Å².